The van der Waals surface area contributed by atoms with Crippen molar-refractivity contribution in [2.24, 2.45) is 5.92 Å². The van der Waals surface area contributed by atoms with Crippen molar-refractivity contribution in [3.8, 4) is 0 Å². The third-order valence-corrected chi connectivity index (χ3v) is 5.39. The standard InChI is InChI=1S/C24H32N2O2/c1-3-5-8-19(4-2)9-6-10-21-11-7-12-22(24(21)25)16-13-20-14-17-23(18-15-20)26(27)28/h7,11-19H,3-6,8-10,25H2,1-2H3. The first-order valence-electron chi connectivity index (χ1n) is 10.3. The normalized spacial score (nSPS) is 12.4. The van der Waals surface area contributed by atoms with Gasteiger partial charge < -0.3 is 5.73 Å². The van der Waals surface area contributed by atoms with Crippen LogP contribution in [-0.2, 0) is 6.42 Å². The van der Waals surface area contributed by atoms with E-state index >= 15 is 0 Å². The summed E-state index contributed by atoms with van der Waals surface area (Å²) in [7, 11) is 0. The monoisotopic (exact) mass is 380 g/mol. The minimum absolute atomic E-state index is 0.1000. The molecule has 28 heavy (non-hydrogen) atoms. The number of para-hydroxylation sites is 1. The van der Waals surface area contributed by atoms with E-state index in [1.807, 2.05) is 18.2 Å². The topological polar surface area (TPSA) is 69.2 Å². The van der Waals surface area contributed by atoms with Gasteiger partial charge in [-0.2, -0.15) is 0 Å². The lowest BCUT2D eigenvalue weighted by Gasteiger charge is -2.15. The van der Waals surface area contributed by atoms with Crippen LogP contribution in [0, 0.1) is 16.0 Å². The molecule has 0 fully saturated rings. The van der Waals surface area contributed by atoms with E-state index in [0.717, 1.165) is 29.2 Å². The van der Waals surface area contributed by atoms with Gasteiger partial charge in [0.05, 0.1) is 4.92 Å². The van der Waals surface area contributed by atoms with E-state index in [1.54, 1.807) is 12.1 Å². The number of hydrogen-bond acceptors (Lipinski definition) is 3. The van der Waals surface area contributed by atoms with Crippen LogP contribution in [0.3, 0.4) is 0 Å². The fourth-order valence-corrected chi connectivity index (χ4v) is 3.52. The van der Waals surface area contributed by atoms with Crippen molar-refractivity contribution in [1.29, 1.82) is 0 Å². The van der Waals surface area contributed by atoms with E-state index < -0.39 is 0 Å². The molecule has 2 rings (SSSR count). The number of nitrogen functional groups attached to an aromatic ring is 1. The van der Waals surface area contributed by atoms with Crippen LogP contribution in [0.1, 0.15) is 69.1 Å². The lowest BCUT2D eigenvalue weighted by atomic mass is 9.92. The van der Waals surface area contributed by atoms with Gasteiger partial charge in [0.25, 0.3) is 5.69 Å². The largest absolute Gasteiger partial charge is 0.398 e. The number of aryl methyl sites for hydroxylation is 1. The fourth-order valence-electron chi connectivity index (χ4n) is 3.52. The highest BCUT2D eigenvalue weighted by Gasteiger charge is 2.08. The van der Waals surface area contributed by atoms with Crippen LogP contribution in [0.15, 0.2) is 42.5 Å². The molecule has 1 unspecified atom stereocenters. The van der Waals surface area contributed by atoms with Crippen molar-refractivity contribution < 1.29 is 4.92 Å². The van der Waals surface area contributed by atoms with Gasteiger partial charge in [-0.15, -0.1) is 0 Å². The first-order valence-corrected chi connectivity index (χ1v) is 10.3. The SMILES string of the molecule is CCCCC(CC)CCCc1cccc(C=Cc2ccc([N+](=O)[O-])cc2)c1N. The molecule has 0 radical (unpaired) electrons. The van der Waals surface area contributed by atoms with E-state index in [0.29, 0.717) is 0 Å². The molecular weight excluding hydrogens is 348 g/mol. The molecule has 4 nitrogen and oxygen atoms in total. The summed E-state index contributed by atoms with van der Waals surface area (Å²) in [6.45, 7) is 4.54. The molecule has 0 amide bonds. The molecule has 0 aliphatic heterocycles. The smallest absolute Gasteiger partial charge is 0.269 e. The molecule has 0 saturated heterocycles. The maximum Gasteiger partial charge on any atom is 0.269 e. The second-order valence-corrected chi connectivity index (χ2v) is 7.41. The van der Waals surface area contributed by atoms with Crippen LogP contribution in [0.5, 0.6) is 0 Å². The van der Waals surface area contributed by atoms with Gasteiger partial charge in [0, 0.05) is 17.8 Å². The lowest BCUT2D eigenvalue weighted by molar-refractivity contribution is -0.384. The minimum atomic E-state index is -0.389. The van der Waals surface area contributed by atoms with Gasteiger partial charge in [-0.1, -0.05) is 76.3 Å². The van der Waals surface area contributed by atoms with Gasteiger partial charge in [0.1, 0.15) is 0 Å². The van der Waals surface area contributed by atoms with Crippen molar-refractivity contribution >= 4 is 23.5 Å². The molecule has 0 aliphatic carbocycles. The molecule has 150 valence electrons. The van der Waals surface area contributed by atoms with E-state index in [2.05, 4.69) is 26.0 Å². The second-order valence-electron chi connectivity index (χ2n) is 7.41. The highest BCUT2D eigenvalue weighted by Crippen LogP contribution is 2.25. The summed E-state index contributed by atoms with van der Waals surface area (Å²) < 4.78 is 0. The lowest BCUT2D eigenvalue weighted by Crippen LogP contribution is -2.02. The average Bonchev–Trinajstić information content (AvgIpc) is 2.71. The zero-order valence-corrected chi connectivity index (χ0v) is 17.1. The maximum absolute atomic E-state index is 10.7. The Bertz CT molecular complexity index is 782. The molecule has 0 heterocycles. The van der Waals surface area contributed by atoms with Gasteiger partial charge in [0.2, 0.25) is 0 Å². The Morgan fingerprint density at radius 2 is 1.75 bits per heavy atom. The van der Waals surface area contributed by atoms with E-state index in [-0.39, 0.29) is 10.6 Å². The van der Waals surface area contributed by atoms with Gasteiger partial charge in [0.15, 0.2) is 0 Å². The van der Waals surface area contributed by atoms with E-state index in [4.69, 9.17) is 5.73 Å². The van der Waals surface area contributed by atoms with Crippen molar-refractivity contribution in [3.05, 3.63) is 69.3 Å². The maximum atomic E-state index is 10.7. The predicted molar refractivity (Wildman–Crippen MR) is 119 cm³/mol. The number of benzene rings is 2. The summed E-state index contributed by atoms with van der Waals surface area (Å²) in [5.74, 6) is 0.825. The Balaban J connectivity index is 1.98. The van der Waals surface area contributed by atoms with E-state index in [1.165, 1.54) is 56.2 Å². The first-order chi connectivity index (χ1) is 13.5. The van der Waals surface area contributed by atoms with Crippen molar-refractivity contribution in [1.82, 2.24) is 0 Å². The average molecular weight is 381 g/mol. The zero-order valence-electron chi connectivity index (χ0n) is 17.1. The fraction of sp³-hybridized carbons (Fsp3) is 0.417. The Morgan fingerprint density at radius 1 is 1.04 bits per heavy atom. The molecule has 1 atom stereocenters. The summed E-state index contributed by atoms with van der Waals surface area (Å²) >= 11 is 0. The summed E-state index contributed by atoms with van der Waals surface area (Å²) in [6, 6.07) is 12.7. The van der Waals surface area contributed by atoms with Gasteiger partial charge in [-0.3, -0.25) is 10.1 Å². The third kappa shape index (κ3) is 6.52. The summed E-state index contributed by atoms with van der Waals surface area (Å²) in [5.41, 5.74) is 10.4. The molecule has 0 aliphatic rings. The number of nitrogens with zero attached hydrogens (tertiary/aromatic N) is 1. The van der Waals surface area contributed by atoms with Crippen LogP contribution in [0.25, 0.3) is 12.2 Å². The Kier molecular flexibility index (Phi) is 8.73. The number of nitro benzene ring substituents is 1. The highest BCUT2D eigenvalue weighted by molar-refractivity contribution is 5.77. The molecule has 4 heteroatoms. The van der Waals surface area contributed by atoms with Gasteiger partial charge in [-0.05, 0) is 47.6 Å². The van der Waals surface area contributed by atoms with Crippen molar-refractivity contribution in [3.63, 3.8) is 0 Å². The van der Waals surface area contributed by atoms with Gasteiger partial charge >= 0.3 is 0 Å². The number of nitro groups is 1. The number of unbranched alkanes of at least 4 members (excludes halogenated alkanes) is 1. The number of hydrogen-bond donors (Lipinski definition) is 1. The molecule has 2 N–H and O–H groups in total. The Morgan fingerprint density at radius 3 is 2.39 bits per heavy atom. The number of anilines is 1. The van der Waals surface area contributed by atoms with Crippen LogP contribution >= 0.6 is 0 Å². The van der Waals surface area contributed by atoms with Gasteiger partial charge in [-0.25, -0.2) is 0 Å². The van der Waals surface area contributed by atoms with Crippen LogP contribution < -0.4 is 5.73 Å². The number of rotatable bonds is 11. The third-order valence-electron chi connectivity index (χ3n) is 5.39. The second kappa shape index (κ2) is 11.3. The number of nitrogens with two attached hydrogens (primary N) is 1. The van der Waals surface area contributed by atoms with E-state index in [9.17, 15) is 10.1 Å². The molecule has 0 aromatic heterocycles. The molecule has 0 saturated carbocycles. The molecule has 2 aromatic carbocycles. The summed E-state index contributed by atoms with van der Waals surface area (Å²) in [4.78, 5) is 10.4. The van der Waals surface area contributed by atoms with Crippen molar-refractivity contribution in [2.75, 3.05) is 5.73 Å². The first kappa shape index (κ1) is 21.7. The van der Waals surface area contributed by atoms with Crippen LogP contribution in [0.4, 0.5) is 11.4 Å². The highest BCUT2D eigenvalue weighted by atomic mass is 16.6. The molecular formula is C24H32N2O2. The van der Waals surface area contributed by atoms with Crippen LogP contribution in [0.2, 0.25) is 0 Å². The molecule has 0 bridgehead atoms. The molecule has 0 spiro atoms. The zero-order chi connectivity index (χ0) is 20.4. The van der Waals surface area contributed by atoms with Crippen LogP contribution in [-0.4, -0.2) is 4.92 Å². The minimum Gasteiger partial charge on any atom is -0.398 e. The Labute approximate surface area is 168 Å². The quantitative estimate of drug-likeness (QED) is 0.200. The number of non-ortho nitro benzene ring substituents is 1. The molecule has 2 aromatic rings. The Hall–Kier alpha value is -2.62. The predicted octanol–water partition coefficient (Wildman–Crippen LogP) is 6.89. The summed E-state index contributed by atoms with van der Waals surface area (Å²) in [6.07, 6.45) is 12.5. The van der Waals surface area contributed by atoms with Crippen molar-refractivity contribution in [2.45, 2.75) is 58.8 Å². The summed E-state index contributed by atoms with van der Waals surface area (Å²) in [5, 5.41) is 10.7.